The van der Waals surface area contributed by atoms with Crippen molar-refractivity contribution in [2.24, 2.45) is 5.41 Å². The van der Waals surface area contributed by atoms with Gasteiger partial charge in [0.05, 0.1) is 13.7 Å². The second-order valence-corrected chi connectivity index (χ2v) is 8.43. The highest BCUT2D eigenvalue weighted by Crippen LogP contribution is 2.48. The molecule has 1 aliphatic heterocycles. The number of halogens is 1. The van der Waals surface area contributed by atoms with Gasteiger partial charge in [-0.2, -0.15) is 4.39 Å². The molecule has 154 valence electrons. The van der Waals surface area contributed by atoms with E-state index < -0.39 is 17.4 Å². The zero-order chi connectivity index (χ0) is 21.3. The Balaban J connectivity index is 2.76. The fourth-order valence-electron chi connectivity index (χ4n) is 3.40. The average molecular weight is 390 g/mol. The van der Waals surface area contributed by atoms with Crippen LogP contribution < -0.4 is 9.47 Å². The van der Waals surface area contributed by atoms with Gasteiger partial charge < -0.3 is 14.2 Å². The van der Waals surface area contributed by atoms with Crippen LogP contribution in [0.1, 0.15) is 66.0 Å². The minimum atomic E-state index is -0.955. The van der Waals surface area contributed by atoms with E-state index in [1.54, 1.807) is 19.9 Å². The van der Waals surface area contributed by atoms with Crippen molar-refractivity contribution in [2.75, 3.05) is 13.7 Å². The van der Waals surface area contributed by atoms with Gasteiger partial charge in [0, 0.05) is 22.8 Å². The van der Waals surface area contributed by atoms with E-state index in [1.165, 1.54) is 7.11 Å². The molecule has 2 rings (SSSR count). The fourth-order valence-corrected chi connectivity index (χ4v) is 3.40. The number of hydrogen-bond donors (Lipinski definition) is 0. The van der Waals surface area contributed by atoms with Crippen molar-refractivity contribution in [2.45, 2.75) is 60.5 Å². The minimum Gasteiger partial charge on any atom is -0.496 e. The lowest BCUT2D eigenvalue weighted by atomic mass is 9.77. The number of carbonyl (C=O) groups excluding carboxylic acids is 1. The van der Waals surface area contributed by atoms with Crippen molar-refractivity contribution < 1.29 is 23.4 Å². The highest BCUT2D eigenvalue weighted by Gasteiger charge is 2.33. The number of methoxy groups -OCH3 is 1. The Morgan fingerprint density at radius 3 is 2.36 bits per heavy atom. The van der Waals surface area contributed by atoms with Crippen LogP contribution in [0, 0.1) is 5.41 Å². The van der Waals surface area contributed by atoms with Crippen molar-refractivity contribution >= 4 is 17.1 Å². The van der Waals surface area contributed by atoms with Gasteiger partial charge in [0.1, 0.15) is 17.1 Å². The van der Waals surface area contributed by atoms with Crippen LogP contribution in [0.3, 0.4) is 0 Å². The molecule has 0 atom stereocenters. The molecule has 1 heterocycles. The third-order valence-electron chi connectivity index (χ3n) is 4.66. The first-order valence-electron chi connectivity index (χ1n) is 9.66. The summed E-state index contributed by atoms with van der Waals surface area (Å²) in [6.45, 7) is 13.9. The highest BCUT2D eigenvalue weighted by atomic mass is 19.1. The Labute approximate surface area is 167 Å². The summed E-state index contributed by atoms with van der Waals surface area (Å²) >= 11 is 0. The summed E-state index contributed by atoms with van der Waals surface area (Å²) in [6, 6.07) is 3.64. The first-order chi connectivity index (χ1) is 12.9. The smallest absolute Gasteiger partial charge is 0.367 e. The van der Waals surface area contributed by atoms with Gasteiger partial charge in [0.2, 0.25) is 5.83 Å². The molecule has 0 aliphatic carbocycles. The molecular weight excluding hydrogens is 359 g/mol. The second-order valence-electron chi connectivity index (χ2n) is 8.43. The molecule has 0 aromatic heterocycles. The van der Waals surface area contributed by atoms with Crippen molar-refractivity contribution in [3.8, 4) is 11.5 Å². The molecule has 0 spiro atoms. The lowest BCUT2D eigenvalue weighted by molar-refractivity contribution is -0.140. The summed E-state index contributed by atoms with van der Waals surface area (Å²) in [6.07, 6.45) is 2.42. The largest absolute Gasteiger partial charge is 0.496 e. The maximum Gasteiger partial charge on any atom is 0.367 e. The third kappa shape index (κ3) is 4.40. The molecule has 0 saturated heterocycles. The van der Waals surface area contributed by atoms with Crippen LogP contribution in [0.5, 0.6) is 11.5 Å². The maximum atomic E-state index is 14.8. The number of carbonyl (C=O) groups is 1. The summed E-state index contributed by atoms with van der Waals surface area (Å²) in [5.41, 5.74) is 2.17. The summed E-state index contributed by atoms with van der Waals surface area (Å²) in [5, 5.41) is 0. The SMILES string of the molecule is CCOC(=O)C(F)=C(CC)c1cc2c(cc1OC)OC(C)(C)C=C2C(C)(C)C. The molecule has 0 unspecified atom stereocenters. The van der Waals surface area contributed by atoms with E-state index in [1.807, 2.05) is 19.9 Å². The molecule has 1 aliphatic rings. The van der Waals surface area contributed by atoms with Gasteiger partial charge in [-0.15, -0.1) is 0 Å². The van der Waals surface area contributed by atoms with Gasteiger partial charge in [0.15, 0.2) is 0 Å². The average Bonchev–Trinajstić information content (AvgIpc) is 2.59. The van der Waals surface area contributed by atoms with Gasteiger partial charge in [0.25, 0.3) is 0 Å². The van der Waals surface area contributed by atoms with Crippen molar-refractivity contribution in [1.29, 1.82) is 0 Å². The first kappa shape index (κ1) is 22.0. The quantitative estimate of drug-likeness (QED) is 0.460. The summed E-state index contributed by atoms with van der Waals surface area (Å²) in [5.74, 6) is -0.699. The number of fused-ring (bicyclic) bond motifs is 1. The molecule has 1 aromatic rings. The number of rotatable bonds is 5. The summed E-state index contributed by atoms with van der Waals surface area (Å²) < 4.78 is 31.4. The second kappa shape index (κ2) is 7.98. The number of esters is 1. The molecule has 0 fully saturated rings. The highest BCUT2D eigenvalue weighted by molar-refractivity contribution is 5.96. The zero-order valence-corrected chi connectivity index (χ0v) is 18.2. The van der Waals surface area contributed by atoms with Crippen molar-refractivity contribution in [1.82, 2.24) is 0 Å². The van der Waals surface area contributed by atoms with Gasteiger partial charge in [-0.3, -0.25) is 0 Å². The molecule has 0 bridgehead atoms. The van der Waals surface area contributed by atoms with Crippen LogP contribution in [0.2, 0.25) is 0 Å². The molecule has 0 saturated carbocycles. The Morgan fingerprint density at radius 1 is 1.21 bits per heavy atom. The van der Waals surface area contributed by atoms with Crippen LogP contribution in [-0.4, -0.2) is 25.3 Å². The third-order valence-corrected chi connectivity index (χ3v) is 4.66. The van der Waals surface area contributed by atoms with Gasteiger partial charge in [-0.25, -0.2) is 4.79 Å². The number of hydrogen-bond acceptors (Lipinski definition) is 4. The van der Waals surface area contributed by atoms with E-state index >= 15 is 0 Å². The van der Waals surface area contributed by atoms with Gasteiger partial charge >= 0.3 is 5.97 Å². The Morgan fingerprint density at radius 2 is 1.86 bits per heavy atom. The van der Waals surface area contributed by atoms with E-state index in [4.69, 9.17) is 14.2 Å². The predicted octanol–water partition coefficient (Wildman–Crippen LogP) is 5.95. The zero-order valence-electron chi connectivity index (χ0n) is 18.2. The fraction of sp³-hybridized carbons (Fsp3) is 0.522. The molecule has 1 aromatic carbocycles. The van der Waals surface area contributed by atoms with E-state index in [-0.39, 0.29) is 17.6 Å². The van der Waals surface area contributed by atoms with E-state index in [0.717, 1.165) is 11.1 Å². The summed E-state index contributed by atoms with van der Waals surface area (Å²) in [4.78, 5) is 12.0. The Bertz CT molecular complexity index is 826. The lowest BCUT2D eigenvalue weighted by Gasteiger charge is -2.36. The predicted molar refractivity (Wildman–Crippen MR) is 110 cm³/mol. The van der Waals surface area contributed by atoms with Crippen molar-refractivity contribution in [3.05, 3.63) is 35.2 Å². The van der Waals surface area contributed by atoms with Gasteiger partial charge in [-0.05, 0) is 50.3 Å². The number of allylic oxidation sites excluding steroid dienone is 2. The topological polar surface area (TPSA) is 44.8 Å². The Hall–Kier alpha value is -2.30. The number of ether oxygens (including phenoxy) is 3. The molecule has 28 heavy (non-hydrogen) atoms. The minimum absolute atomic E-state index is 0.115. The maximum absolute atomic E-state index is 14.8. The standard InChI is InChI=1S/C23H31FO4/c1-9-14(20(24)21(25)27-10-2)15-11-16-17(22(3,4)5)13-23(6,7)28-19(16)12-18(15)26-8/h11-13H,9-10H2,1-8H3. The molecule has 0 radical (unpaired) electrons. The van der Waals surface area contributed by atoms with E-state index in [9.17, 15) is 9.18 Å². The molecular formula is C23H31FO4. The molecule has 0 N–H and O–H groups in total. The van der Waals surface area contributed by atoms with E-state index in [0.29, 0.717) is 23.5 Å². The van der Waals surface area contributed by atoms with Crippen LogP contribution in [0.25, 0.3) is 11.1 Å². The van der Waals surface area contributed by atoms with Crippen LogP contribution >= 0.6 is 0 Å². The normalized spacial score (nSPS) is 16.4. The molecule has 0 amide bonds. The van der Waals surface area contributed by atoms with E-state index in [2.05, 4.69) is 26.8 Å². The summed E-state index contributed by atoms with van der Waals surface area (Å²) in [7, 11) is 1.52. The molecule has 5 heteroatoms. The molecule has 4 nitrogen and oxygen atoms in total. The van der Waals surface area contributed by atoms with Crippen LogP contribution in [0.15, 0.2) is 24.0 Å². The van der Waals surface area contributed by atoms with Crippen molar-refractivity contribution in [3.63, 3.8) is 0 Å². The van der Waals surface area contributed by atoms with Crippen LogP contribution in [-0.2, 0) is 9.53 Å². The number of benzene rings is 1. The lowest BCUT2D eigenvalue weighted by Crippen LogP contribution is -2.31. The first-order valence-corrected chi connectivity index (χ1v) is 9.66. The monoisotopic (exact) mass is 390 g/mol. The van der Waals surface area contributed by atoms with Gasteiger partial charge in [-0.1, -0.05) is 27.7 Å². The van der Waals surface area contributed by atoms with Crippen LogP contribution in [0.4, 0.5) is 4.39 Å². The Kier molecular flexibility index (Phi) is 6.27.